The van der Waals surface area contributed by atoms with E-state index in [2.05, 4.69) is 59.8 Å². The molecule has 0 aliphatic carbocycles. The van der Waals surface area contributed by atoms with Gasteiger partial charge in [0.1, 0.15) is 0 Å². The second-order valence-electron chi connectivity index (χ2n) is 5.55. The SMILES string of the molecule is Cc1cc(Br)ccc1N1CC(O)CCC1(C)C. The van der Waals surface area contributed by atoms with E-state index < -0.39 is 0 Å². The first-order valence-corrected chi connectivity index (χ1v) is 6.91. The Morgan fingerprint density at radius 3 is 2.76 bits per heavy atom. The van der Waals surface area contributed by atoms with Crippen molar-refractivity contribution in [3.8, 4) is 0 Å². The number of hydrogen-bond donors (Lipinski definition) is 1. The van der Waals surface area contributed by atoms with Crippen molar-refractivity contribution in [2.45, 2.75) is 45.3 Å². The lowest BCUT2D eigenvalue weighted by atomic mass is 9.88. The number of anilines is 1. The van der Waals surface area contributed by atoms with Crippen molar-refractivity contribution in [1.82, 2.24) is 0 Å². The molecule has 0 aromatic heterocycles. The monoisotopic (exact) mass is 297 g/mol. The molecule has 1 aromatic rings. The zero-order chi connectivity index (χ0) is 12.6. The first-order chi connectivity index (χ1) is 7.90. The Morgan fingerprint density at radius 1 is 1.41 bits per heavy atom. The highest BCUT2D eigenvalue weighted by atomic mass is 79.9. The van der Waals surface area contributed by atoms with E-state index in [9.17, 15) is 5.11 Å². The fourth-order valence-electron chi connectivity index (χ4n) is 2.55. The molecule has 1 N–H and O–H groups in total. The summed E-state index contributed by atoms with van der Waals surface area (Å²) in [7, 11) is 0. The van der Waals surface area contributed by atoms with Gasteiger partial charge in [0.15, 0.2) is 0 Å². The Balaban J connectivity index is 2.36. The lowest BCUT2D eigenvalue weighted by molar-refractivity contribution is 0.126. The van der Waals surface area contributed by atoms with E-state index in [0.717, 1.165) is 23.9 Å². The zero-order valence-electron chi connectivity index (χ0n) is 10.7. The molecule has 1 fully saturated rings. The minimum atomic E-state index is -0.203. The quantitative estimate of drug-likeness (QED) is 0.858. The highest BCUT2D eigenvalue weighted by Crippen LogP contribution is 2.35. The van der Waals surface area contributed by atoms with Gasteiger partial charge in [-0.2, -0.15) is 0 Å². The lowest BCUT2D eigenvalue weighted by Crippen LogP contribution is -2.52. The number of benzene rings is 1. The summed E-state index contributed by atoms with van der Waals surface area (Å²) in [5.74, 6) is 0. The lowest BCUT2D eigenvalue weighted by Gasteiger charge is -2.46. The predicted molar refractivity (Wildman–Crippen MR) is 75.5 cm³/mol. The van der Waals surface area contributed by atoms with Gasteiger partial charge in [-0.1, -0.05) is 15.9 Å². The van der Waals surface area contributed by atoms with E-state index in [0.29, 0.717) is 0 Å². The molecule has 1 heterocycles. The Morgan fingerprint density at radius 2 is 2.12 bits per heavy atom. The molecule has 0 bridgehead atoms. The summed E-state index contributed by atoms with van der Waals surface area (Å²) in [6.07, 6.45) is 1.73. The summed E-state index contributed by atoms with van der Waals surface area (Å²) >= 11 is 3.49. The molecule has 17 heavy (non-hydrogen) atoms. The first-order valence-electron chi connectivity index (χ1n) is 6.12. The van der Waals surface area contributed by atoms with Crippen molar-refractivity contribution in [3.05, 3.63) is 28.2 Å². The second-order valence-corrected chi connectivity index (χ2v) is 6.46. The van der Waals surface area contributed by atoms with E-state index in [1.807, 2.05) is 0 Å². The van der Waals surface area contributed by atoms with Crippen molar-refractivity contribution < 1.29 is 5.11 Å². The van der Waals surface area contributed by atoms with Crippen molar-refractivity contribution >= 4 is 21.6 Å². The van der Waals surface area contributed by atoms with Crippen LogP contribution in [-0.4, -0.2) is 23.3 Å². The van der Waals surface area contributed by atoms with Crippen molar-refractivity contribution in [3.63, 3.8) is 0 Å². The molecule has 1 aliphatic rings. The molecule has 1 saturated heterocycles. The van der Waals surface area contributed by atoms with Crippen LogP contribution in [0.5, 0.6) is 0 Å². The molecule has 1 unspecified atom stereocenters. The molecule has 1 aromatic carbocycles. The van der Waals surface area contributed by atoms with Crippen LogP contribution in [0, 0.1) is 6.92 Å². The van der Waals surface area contributed by atoms with Gasteiger partial charge < -0.3 is 10.0 Å². The third-order valence-electron chi connectivity index (χ3n) is 3.66. The van der Waals surface area contributed by atoms with Gasteiger partial charge in [-0.05, 0) is 57.4 Å². The third-order valence-corrected chi connectivity index (χ3v) is 4.16. The van der Waals surface area contributed by atoms with Crippen LogP contribution in [0.1, 0.15) is 32.3 Å². The van der Waals surface area contributed by atoms with Gasteiger partial charge in [-0.15, -0.1) is 0 Å². The molecular formula is C14H20BrNO. The van der Waals surface area contributed by atoms with Gasteiger partial charge in [0.05, 0.1) is 6.10 Å². The number of aliphatic hydroxyl groups excluding tert-OH is 1. The van der Waals surface area contributed by atoms with Gasteiger partial charge in [-0.3, -0.25) is 0 Å². The summed E-state index contributed by atoms with van der Waals surface area (Å²) in [6.45, 7) is 7.35. The molecule has 1 atom stereocenters. The number of rotatable bonds is 1. The normalized spacial score (nSPS) is 23.8. The molecule has 0 amide bonds. The number of aryl methyl sites for hydroxylation is 1. The van der Waals surface area contributed by atoms with Gasteiger partial charge >= 0.3 is 0 Å². The Labute approximate surface area is 112 Å². The van der Waals surface area contributed by atoms with E-state index >= 15 is 0 Å². The topological polar surface area (TPSA) is 23.5 Å². The van der Waals surface area contributed by atoms with Crippen LogP contribution in [0.4, 0.5) is 5.69 Å². The molecule has 0 saturated carbocycles. The third kappa shape index (κ3) is 2.66. The van der Waals surface area contributed by atoms with Crippen LogP contribution in [0.3, 0.4) is 0 Å². The maximum Gasteiger partial charge on any atom is 0.0716 e. The van der Waals surface area contributed by atoms with Crippen molar-refractivity contribution in [1.29, 1.82) is 0 Å². The largest absolute Gasteiger partial charge is 0.391 e. The van der Waals surface area contributed by atoms with E-state index in [1.165, 1.54) is 11.3 Å². The van der Waals surface area contributed by atoms with Gasteiger partial charge in [-0.25, -0.2) is 0 Å². The van der Waals surface area contributed by atoms with Gasteiger partial charge in [0, 0.05) is 22.2 Å². The fraction of sp³-hybridized carbons (Fsp3) is 0.571. The standard InChI is InChI=1S/C14H20BrNO/c1-10-8-11(15)4-5-13(10)16-9-12(17)6-7-14(16,2)3/h4-5,8,12,17H,6-7,9H2,1-3H3. The van der Waals surface area contributed by atoms with E-state index in [1.54, 1.807) is 0 Å². The molecule has 94 valence electrons. The van der Waals surface area contributed by atoms with Crippen molar-refractivity contribution in [2.24, 2.45) is 0 Å². The van der Waals surface area contributed by atoms with E-state index in [-0.39, 0.29) is 11.6 Å². The highest BCUT2D eigenvalue weighted by Gasteiger charge is 2.34. The Kier molecular flexibility index (Phi) is 3.50. The summed E-state index contributed by atoms with van der Waals surface area (Å²) in [4.78, 5) is 2.34. The maximum atomic E-state index is 9.87. The number of halogens is 1. The average Bonchev–Trinajstić information content (AvgIpc) is 2.23. The summed E-state index contributed by atoms with van der Waals surface area (Å²) in [5.41, 5.74) is 2.61. The van der Waals surface area contributed by atoms with Crippen LogP contribution in [-0.2, 0) is 0 Å². The Bertz CT molecular complexity index is 417. The molecule has 2 nitrogen and oxygen atoms in total. The minimum Gasteiger partial charge on any atom is -0.391 e. The molecular weight excluding hydrogens is 278 g/mol. The number of aliphatic hydroxyl groups is 1. The van der Waals surface area contributed by atoms with Gasteiger partial charge in [0.2, 0.25) is 0 Å². The molecule has 0 radical (unpaired) electrons. The molecule has 1 aliphatic heterocycles. The number of β-amino-alcohol motifs (C(OH)–C–C–N with tert-alkyl or cyclic N) is 1. The smallest absolute Gasteiger partial charge is 0.0716 e. The van der Waals surface area contributed by atoms with Gasteiger partial charge in [0.25, 0.3) is 0 Å². The number of hydrogen-bond acceptors (Lipinski definition) is 2. The summed E-state index contributed by atoms with van der Waals surface area (Å²) < 4.78 is 1.11. The Hall–Kier alpha value is -0.540. The van der Waals surface area contributed by atoms with Crippen LogP contribution in [0.2, 0.25) is 0 Å². The average molecular weight is 298 g/mol. The van der Waals surface area contributed by atoms with E-state index in [4.69, 9.17) is 0 Å². The summed E-state index contributed by atoms with van der Waals surface area (Å²) in [5, 5.41) is 9.87. The maximum absolute atomic E-state index is 9.87. The zero-order valence-corrected chi connectivity index (χ0v) is 12.3. The number of nitrogens with zero attached hydrogens (tertiary/aromatic N) is 1. The van der Waals surface area contributed by atoms with Crippen molar-refractivity contribution in [2.75, 3.05) is 11.4 Å². The van der Waals surface area contributed by atoms with Crippen LogP contribution in [0.25, 0.3) is 0 Å². The molecule has 2 rings (SSSR count). The molecule has 3 heteroatoms. The minimum absolute atomic E-state index is 0.123. The predicted octanol–water partition coefficient (Wildman–Crippen LogP) is 3.50. The number of piperidine rings is 1. The first kappa shape index (κ1) is 12.9. The highest BCUT2D eigenvalue weighted by molar-refractivity contribution is 9.10. The fourth-order valence-corrected chi connectivity index (χ4v) is 3.03. The van der Waals surface area contributed by atoms with Crippen LogP contribution in [0.15, 0.2) is 22.7 Å². The van der Waals surface area contributed by atoms with Crippen LogP contribution >= 0.6 is 15.9 Å². The molecule has 0 spiro atoms. The second kappa shape index (κ2) is 4.62. The van der Waals surface area contributed by atoms with Crippen LogP contribution < -0.4 is 4.90 Å². The summed E-state index contributed by atoms with van der Waals surface area (Å²) in [6, 6.07) is 6.34.